The molecular formula is C30H32N2O3S. The maximum absolute atomic E-state index is 13.4. The molecule has 4 rings (SSSR count). The monoisotopic (exact) mass is 500 g/mol. The zero-order chi connectivity index (χ0) is 25.2. The lowest BCUT2D eigenvalue weighted by Gasteiger charge is -2.18. The molecule has 0 atom stereocenters. The van der Waals surface area contributed by atoms with E-state index >= 15 is 0 Å². The van der Waals surface area contributed by atoms with E-state index in [0.29, 0.717) is 26.1 Å². The fourth-order valence-corrected chi connectivity index (χ4v) is 5.21. The number of benzene rings is 3. The van der Waals surface area contributed by atoms with Gasteiger partial charge in [0.15, 0.2) is 0 Å². The van der Waals surface area contributed by atoms with E-state index in [1.165, 1.54) is 4.31 Å². The molecule has 1 heterocycles. The third-order valence-corrected chi connectivity index (χ3v) is 7.75. The van der Waals surface area contributed by atoms with Gasteiger partial charge < -0.3 is 9.72 Å². The number of H-pyrrole nitrogens is 1. The summed E-state index contributed by atoms with van der Waals surface area (Å²) in [6.45, 7) is 3.48. The van der Waals surface area contributed by atoms with Gasteiger partial charge in [-0.25, -0.2) is 12.7 Å². The fraction of sp³-hybridized carbons (Fsp3) is 0.267. The van der Waals surface area contributed by atoms with Gasteiger partial charge in [0, 0.05) is 42.7 Å². The van der Waals surface area contributed by atoms with E-state index in [-0.39, 0.29) is 11.4 Å². The highest BCUT2D eigenvalue weighted by Gasteiger charge is 2.22. The summed E-state index contributed by atoms with van der Waals surface area (Å²) in [5.41, 5.74) is 4.29. The van der Waals surface area contributed by atoms with E-state index in [2.05, 4.69) is 16.9 Å². The highest BCUT2D eigenvalue weighted by molar-refractivity contribution is 7.89. The molecule has 0 unspecified atom stereocenters. The second-order valence-corrected chi connectivity index (χ2v) is 10.6. The number of aromatic nitrogens is 1. The number of hydrogen-bond acceptors (Lipinski definition) is 3. The van der Waals surface area contributed by atoms with Crippen molar-refractivity contribution in [3.63, 3.8) is 0 Å². The molecule has 1 aromatic heterocycles. The normalized spacial score (nSPS) is 11.2. The smallest absolute Gasteiger partial charge is 0.270 e. The first kappa shape index (κ1) is 25.6. The van der Waals surface area contributed by atoms with E-state index in [4.69, 9.17) is 4.74 Å². The fourth-order valence-electron chi connectivity index (χ4n) is 3.96. The number of ether oxygens (including phenoxy) is 1. The third kappa shape index (κ3) is 6.78. The standard InChI is InChI=1S/C30H32N2O3S/c1-25-15-17-28(18-16-25)36(33,34)32(21-19-27-23-31-30-14-8-7-13-29(27)30)20-9-2-3-10-22-35-24-26-11-5-4-6-12-26/h4-8,11-18,23,31H,2-3,10,19,21-22,24H2,1H3. The van der Waals surface area contributed by atoms with Crippen molar-refractivity contribution in [2.24, 2.45) is 0 Å². The van der Waals surface area contributed by atoms with Gasteiger partial charge in [0.05, 0.1) is 11.5 Å². The minimum Gasteiger partial charge on any atom is -0.377 e. The molecule has 0 bridgehead atoms. The van der Waals surface area contributed by atoms with Gasteiger partial charge >= 0.3 is 0 Å². The lowest BCUT2D eigenvalue weighted by Crippen LogP contribution is -2.28. The molecule has 186 valence electrons. The number of fused-ring (bicyclic) bond motifs is 1. The molecule has 0 fully saturated rings. The highest BCUT2D eigenvalue weighted by atomic mass is 32.2. The zero-order valence-corrected chi connectivity index (χ0v) is 21.4. The second-order valence-electron chi connectivity index (χ2n) is 8.78. The molecule has 5 nitrogen and oxygen atoms in total. The van der Waals surface area contributed by atoms with E-state index in [0.717, 1.165) is 40.4 Å². The summed E-state index contributed by atoms with van der Waals surface area (Å²) in [4.78, 5) is 3.52. The van der Waals surface area contributed by atoms with Crippen molar-refractivity contribution >= 4 is 20.9 Å². The van der Waals surface area contributed by atoms with E-state index in [1.54, 1.807) is 12.1 Å². The summed E-state index contributed by atoms with van der Waals surface area (Å²) < 4.78 is 33.8. The van der Waals surface area contributed by atoms with Gasteiger partial charge in [-0.2, -0.15) is 0 Å². The summed E-state index contributed by atoms with van der Waals surface area (Å²) in [6, 6.07) is 28.0. The molecule has 0 aliphatic rings. The van der Waals surface area contributed by atoms with Crippen LogP contribution in [-0.2, 0) is 27.8 Å². The van der Waals surface area contributed by atoms with Crippen LogP contribution in [-0.4, -0.2) is 30.9 Å². The Labute approximate surface area is 214 Å². The van der Waals surface area contributed by atoms with Crippen molar-refractivity contribution in [2.75, 3.05) is 13.2 Å². The van der Waals surface area contributed by atoms with Gasteiger partial charge in [0.25, 0.3) is 10.0 Å². The zero-order valence-electron chi connectivity index (χ0n) is 20.6. The minimum atomic E-state index is -3.73. The first-order chi connectivity index (χ1) is 17.5. The Morgan fingerprint density at radius 3 is 2.47 bits per heavy atom. The van der Waals surface area contributed by atoms with Crippen LogP contribution in [0.5, 0.6) is 0 Å². The Morgan fingerprint density at radius 2 is 1.67 bits per heavy atom. The summed E-state index contributed by atoms with van der Waals surface area (Å²) in [5, 5.41) is 1.11. The first-order valence-electron chi connectivity index (χ1n) is 12.3. The lowest BCUT2D eigenvalue weighted by molar-refractivity contribution is 0.117. The van der Waals surface area contributed by atoms with Gasteiger partial charge in [-0.05, 0) is 55.5 Å². The molecular weight excluding hydrogens is 468 g/mol. The van der Waals surface area contributed by atoms with Crippen molar-refractivity contribution in [3.05, 3.63) is 102 Å². The topological polar surface area (TPSA) is 62.4 Å². The predicted octanol–water partition coefficient (Wildman–Crippen LogP) is 6.06. The highest BCUT2D eigenvalue weighted by Crippen LogP contribution is 2.21. The van der Waals surface area contributed by atoms with E-state index in [1.807, 2.05) is 79.9 Å². The summed E-state index contributed by atoms with van der Waals surface area (Å²) >= 11 is 0. The van der Waals surface area contributed by atoms with Crippen LogP contribution in [0.3, 0.4) is 0 Å². The van der Waals surface area contributed by atoms with E-state index in [9.17, 15) is 8.42 Å². The number of sulfonamides is 1. The Bertz CT molecular complexity index is 1420. The number of aryl methyl sites for hydroxylation is 1. The molecule has 36 heavy (non-hydrogen) atoms. The van der Waals surface area contributed by atoms with Crippen molar-refractivity contribution < 1.29 is 13.2 Å². The maximum Gasteiger partial charge on any atom is 0.270 e. The average Bonchev–Trinajstić information content (AvgIpc) is 3.31. The van der Waals surface area contributed by atoms with Crippen LogP contribution < -0.4 is 0 Å². The molecule has 4 aromatic rings. The Hall–Kier alpha value is -3.53. The predicted molar refractivity (Wildman–Crippen MR) is 145 cm³/mol. The molecule has 0 spiro atoms. The summed E-state index contributed by atoms with van der Waals surface area (Å²) in [7, 11) is -3.73. The van der Waals surface area contributed by atoms with Crippen LogP contribution in [0.1, 0.15) is 36.0 Å². The summed E-state index contributed by atoms with van der Waals surface area (Å²) in [6.07, 6.45) is 4.85. The van der Waals surface area contributed by atoms with Gasteiger partial charge in [0.1, 0.15) is 0 Å². The van der Waals surface area contributed by atoms with Crippen molar-refractivity contribution in [1.82, 2.24) is 9.29 Å². The quantitative estimate of drug-likeness (QED) is 0.155. The second kappa shape index (κ2) is 12.4. The molecule has 0 amide bonds. The average molecular weight is 501 g/mol. The molecule has 0 radical (unpaired) electrons. The van der Waals surface area contributed by atoms with Crippen molar-refractivity contribution in [3.8, 4) is 12.0 Å². The van der Waals surface area contributed by atoms with E-state index < -0.39 is 10.0 Å². The number of unbranched alkanes of at least 4 members (excludes halogenated alkanes) is 2. The first-order valence-corrected chi connectivity index (χ1v) is 13.7. The number of nitrogens with zero attached hydrogens (tertiary/aromatic N) is 1. The SMILES string of the molecule is Cc1ccc(S(=O)(=O)N(C#CCCCCOCc2ccccc2)CCc2c[nH]c3ccccc23)cc1. The number of para-hydroxylation sites is 1. The molecule has 0 aliphatic heterocycles. The summed E-state index contributed by atoms with van der Waals surface area (Å²) in [5.74, 6) is 3.08. The number of rotatable bonds is 11. The van der Waals surface area contributed by atoms with Crippen molar-refractivity contribution in [2.45, 2.75) is 44.1 Å². The number of hydrogen-bond donors (Lipinski definition) is 1. The maximum atomic E-state index is 13.4. The van der Waals surface area contributed by atoms with Crippen LogP contribution in [0.15, 0.2) is 90.0 Å². The molecule has 0 saturated carbocycles. The Morgan fingerprint density at radius 1 is 0.917 bits per heavy atom. The van der Waals surface area contributed by atoms with Gasteiger partial charge in [-0.15, -0.1) is 0 Å². The molecule has 0 aliphatic carbocycles. The van der Waals surface area contributed by atoms with Crippen LogP contribution in [0.4, 0.5) is 0 Å². The van der Waals surface area contributed by atoms with Gasteiger partial charge in [0.2, 0.25) is 0 Å². The van der Waals surface area contributed by atoms with Crippen LogP contribution in [0.25, 0.3) is 10.9 Å². The van der Waals surface area contributed by atoms with Crippen molar-refractivity contribution in [1.29, 1.82) is 0 Å². The third-order valence-electron chi connectivity index (χ3n) is 6.02. The van der Waals surface area contributed by atoms with Crippen LogP contribution >= 0.6 is 0 Å². The minimum absolute atomic E-state index is 0.260. The largest absolute Gasteiger partial charge is 0.377 e. The molecule has 0 saturated heterocycles. The Kier molecular flexibility index (Phi) is 8.83. The van der Waals surface area contributed by atoms with Gasteiger partial charge in [-0.3, -0.25) is 0 Å². The van der Waals surface area contributed by atoms with Gasteiger partial charge in [-0.1, -0.05) is 72.1 Å². The van der Waals surface area contributed by atoms with Crippen LogP contribution in [0.2, 0.25) is 0 Å². The molecule has 6 heteroatoms. The lowest BCUT2D eigenvalue weighted by atomic mass is 10.1. The Balaban J connectivity index is 1.37. The number of nitrogens with one attached hydrogen (secondary N) is 1. The van der Waals surface area contributed by atoms with Crippen LogP contribution in [0, 0.1) is 18.9 Å². The molecule has 3 aromatic carbocycles. The molecule has 1 N–H and O–H groups in total. The number of aromatic amines is 1.